The lowest BCUT2D eigenvalue weighted by molar-refractivity contribution is -0.143. The quantitative estimate of drug-likeness (QED) is 0.673. The van der Waals surface area contributed by atoms with Crippen LogP contribution >= 0.6 is 23.2 Å². The lowest BCUT2D eigenvalue weighted by atomic mass is 10.1. The molecule has 1 saturated carbocycles. The molecule has 0 bridgehead atoms. The highest BCUT2D eigenvalue weighted by Gasteiger charge is 2.61. The summed E-state index contributed by atoms with van der Waals surface area (Å²) in [6.07, 6.45) is 1.70. The van der Waals surface area contributed by atoms with Crippen molar-refractivity contribution in [1.29, 1.82) is 0 Å². The number of allylic oxidation sites excluding steroid dienone is 1. The average Bonchev–Trinajstić information content (AvgIpc) is 2.51. The summed E-state index contributed by atoms with van der Waals surface area (Å²) in [5.41, 5.74) is -0.0812. The van der Waals surface area contributed by atoms with Gasteiger partial charge in [0, 0.05) is 0 Å². The maximum atomic E-state index is 11.2. The van der Waals surface area contributed by atoms with Crippen LogP contribution in [-0.2, 0) is 9.53 Å². The molecule has 4 heteroatoms. The topological polar surface area (TPSA) is 26.3 Å². The van der Waals surface area contributed by atoms with Crippen LogP contribution < -0.4 is 0 Å². The van der Waals surface area contributed by atoms with E-state index >= 15 is 0 Å². The SMILES string of the molecule is COC(=O)[C@H]1[C@@H](C=C(Cl)Cl)C1(C)C. The third kappa shape index (κ3) is 2.00. The molecule has 0 aromatic heterocycles. The maximum absolute atomic E-state index is 11.2. The largest absolute Gasteiger partial charge is 0.469 e. The van der Waals surface area contributed by atoms with Gasteiger partial charge >= 0.3 is 5.97 Å². The summed E-state index contributed by atoms with van der Waals surface area (Å²) >= 11 is 11.1. The zero-order valence-electron chi connectivity index (χ0n) is 7.80. The van der Waals surface area contributed by atoms with Gasteiger partial charge in [0.2, 0.25) is 0 Å². The lowest BCUT2D eigenvalue weighted by Crippen LogP contribution is -2.07. The lowest BCUT2D eigenvalue weighted by Gasteiger charge is -1.98. The third-order valence-corrected chi connectivity index (χ3v) is 2.92. The van der Waals surface area contributed by atoms with Crippen LogP contribution in [-0.4, -0.2) is 13.1 Å². The number of rotatable bonds is 2. The van der Waals surface area contributed by atoms with Gasteiger partial charge in [-0.15, -0.1) is 0 Å². The molecular weight excluding hydrogens is 211 g/mol. The Morgan fingerprint density at radius 1 is 1.46 bits per heavy atom. The number of hydrogen-bond acceptors (Lipinski definition) is 2. The fourth-order valence-electron chi connectivity index (χ4n) is 1.70. The van der Waals surface area contributed by atoms with Gasteiger partial charge in [-0.1, -0.05) is 37.0 Å². The summed E-state index contributed by atoms with van der Waals surface area (Å²) in [4.78, 5) is 11.2. The minimum Gasteiger partial charge on any atom is -0.469 e. The molecule has 0 aromatic rings. The molecule has 0 aliphatic heterocycles. The van der Waals surface area contributed by atoms with Crippen molar-refractivity contribution in [2.45, 2.75) is 13.8 Å². The molecule has 13 heavy (non-hydrogen) atoms. The molecule has 0 aromatic carbocycles. The summed E-state index contributed by atoms with van der Waals surface area (Å²) in [6, 6.07) is 0. The number of halogens is 2. The molecule has 0 saturated heterocycles. The molecule has 2 nitrogen and oxygen atoms in total. The Bertz CT molecular complexity index is 254. The molecule has 74 valence electrons. The van der Waals surface area contributed by atoms with E-state index < -0.39 is 0 Å². The van der Waals surface area contributed by atoms with Crippen LogP contribution in [0.2, 0.25) is 0 Å². The van der Waals surface area contributed by atoms with Crippen molar-refractivity contribution in [1.82, 2.24) is 0 Å². The third-order valence-electron chi connectivity index (χ3n) is 2.67. The Hall–Kier alpha value is -0.210. The Balaban J connectivity index is 2.72. The van der Waals surface area contributed by atoms with E-state index in [1.807, 2.05) is 13.8 Å². The molecule has 1 rings (SSSR count). The Labute approximate surface area is 87.8 Å². The first-order valence-corrected chi connectivity index (χ1v) is 4.77. The van der Waals surface area contributed by atoms with Crippen molar-refractivity contribution in [3.05, 3.63) is 10.6 Å². The fraction of sp³-hybridized carbons (Fsp3) is 0.667. The Morgan fingerprint density at radius 2 is 2.00 bits per heavy atom. The second-order valence-electron chi connectivity index (χ2n) is 3.80. The van der Waals surface area contributed by atoms with Gasteiger partial charge in [-0.2, -0.15) is 0 Å². The predicted octanol–water partition coefficient (Wildman–Crippen LogP) is 2.75. The molecule has 0 N–H and O–H groups in total. The monoisotopic (exact) mass is 222 g/mol. The number of ether oxygens (including phenoxy) is 1. The van der Waals surface area contributed by atoms with Crippen molar-refractivity contribution in [3.8, 4) is 0 Å². The van der Waals surface area contributed by atoms with E-state index in [9.17, 15) is 4.79 Å². The second-order valence-corrected chi connectivity index (χ2v) is 4.81. The zero-order chi connectivity index (χ0) is 10.2. The van der Waals surface area contributed by atoms with Gasteiger partial charge in [-0.25, -0.2) is 0 Å². The number of methoxy groups -OCH3 is 1. The number of carbonyl (C=O) groups is 1. The number of carbonyl (C=O) groups excluding carboxylic acids is 1. The summed E-state index contributed by atoms with van der Waals surface area (Å²) < 4.78 is 4.88. The van der Waals surface area contributed by atoms with Crippen molar-refractivity contribution in [2.75, 3.05) is 7.11 Å². The summed E-state index contributed by atoms with van der Waals surface area (Å²) in [5, 5.41) is 0. The van der Waals surface area contributed by atoms with Crippen molar-refractivity contribution < 1.29 is 9.53 Å². The van der Waals surface area contributed by atoms with Crippen LogP contribution in [0.4, 0.5) is 0 Å². The van der Waals surface area contributed by atoms with Gasteiger partial charge < -0.3 is 4.74 Å². The average molecular weight is 223 g/mol. The Kier molecular flexibility index (Phi) is 2.93. The minimum absolute atomic E-state index is 0.0812. The molecule has 0 unspecified atom stereocenters. The summed E-state index contributed by atoms with van der Waals surface area (Å²) in [6.45, 7) is 3.99. The predicted molar refractivity (Wildman–Crippen MR) is 52.6 cm³/mol. The van der Waals surface area contributed by atoms with Crippen molar-refractivity contribution in [3.63, 3.8) is 0 Å². The molecule has 0 amide bonds. The van der Waals surface area contributed by atoms with Crippen LogP contribution in [0.1, 0.15) is 13.8 Å². The molecule has 1 fully saturated rings. The van der Waals surface area contributed by atoms with Crippen LogP contribution in [0, 0.1) is 17.3 Å². The van der Waals surface area contributed by atoms with Gasteiger partial charge in [-0.05, 0) is 17.4 Å². The maximum Gasteiger partial charge on any atom is 0.309 e. The van der Waals surface area contributed by atoms with Gasteiger partial charge in [0.15, 0.2) is 0 Å². The van der Waals surface area contributed by atoms with Crippen LogP contribution in [0.5, 0.6) is 0 Å². The standard InChI is InChI=1S/C9H12Cl2O2/c1-9(2)5(4-6(10)11)7(9)8(12)13-3/h4-5,7H,1-3H3/t5-,7-/m1/s1. The van der Waals surface area contributed by atoms with E-state index in [0.29, 0.717) is 0 Å². The van der Waals surface area contributed by atoms with E-state index in [0.717, 1.165) is 0 Å². The summed E-state index contributed by atoms with van der Waals surface area (Å²) in [7, 11) is 1.39. The van der Waals surface area contributed by atoms with E-state index in [2.05, 4.69) is 4.74 Å². The van der Waals surface area contributed by atoms with Crippen molar-refractivity contribution in [2.24, 2.45) is 17.3 Å². The highest BCUT2D eigenvalue weighted by atomic mass is 35.5. The first-order valence-electron chi connectivity index (χ1n) is 4.02. The normalized spacial score (nSPS) is 29.3. The molecule has 1 aliphatic carbocycles. The highest BCUT2D eigenvalue weighted by Crippen LogP contribution is 2.60. The van der Waals surface area contributed by atoms with E-state index in [1.54, 1.807) is 6.08 Å². The molecular formula is C9H12Cl2O2. The van der Waals surface area contributed by atoms with Gasteiger partial charge in [-0.3, -0.25) is 4.79 Å². The fourth-order valence-corrected chi connectivity index (χ4v) is 1.97. The Morgan fingerprint density at radius 3 is 2.38 bits per heavy atom. The van der Waals surface area contributed by atoms with Gasteiger partial charge in [0.25, 0.3) is 0 Å². The number of hydrogen-bond donors (Lipinski definition) is 0. The molecule has 0 heterocycles. The molecule has 1 aliphatic rings. The first kappa shape index (κ1) is 10.9. The van der Waals surface area contributed by atoms with E-state index in [-0.39, 0.29) is 27.7 Å². The van der Waals surface area contributed by atoms with E-state index in [4.69, 9.17) is 23.2 Å². The minimum atomic E-state index is -0.194. The second kappa shape index (κ2) is 3.50. The van der Waals surface area contributed by atoms with Crippen LogP contribution in [0.15, 0.2) is 10.6 Å². The summed E-state index contributed by atoms with van der Waals surface area (Å²) in [5.74, 6) is -0.198. The van der Waals surface area contributed by atoms with Crippen LogP contribution in [0.3, 0.4) is 0 Å². The van der Waals surface area contributed by atoms with Gasteiger partial charge in [0.05, 0.1) is 13.0 Å². The smallest absolute Gasteiger partial charge is 0.309 e. The first-order chi connectivity index (χ1) is 5.91. The molecule has 0 spiro atoms. The number of esters is 1. The van der Waals surface area contributed by atoms with Gasteiger partial charge in [0.1, 0.15) is 4.49 Å². The highest BCUT2D eigenvalue weighted by molar-refractivity contribution is 6.55. The van der Waals surface area contributed by atoms with Crippen molar-refractivity contribution >= 4 is 29.2 Å². The zero-order valence-corrected chi connectivity index (χ0v) is 9.32. The molecule has 2 atom stereocenters. The van der Waals surface area contributed by atoms with Crippen LogP contribution in [0.25, 0.3) is 0 Å². The van der Waals surface area contributed by atoms with E-state index in [1.165, 1.54) is 7.11 Å². The molecule has 0 radical (unpaired) electrons.